The molecule has 0 radical (unpaired) electrons. The van der Waals surface area contributed by atoms with Crippen molar-refractivity contribution in [2.45, 2.75) is 17.9 Å². The minimum Gasteiger partial charge on any atom is -0.387 e. The van der Waals surface area contributed by atoms with Gasteiger partial charge in [0.1, 0.15) is 0 Å². The fraction of sp³-hybridized carbons (Fsp3) is 0.250. The molecule has 112 valence electrons. The number of aryl methyl sites for hydroxylation is 1. The van der Waals surface area contributed by atoms with Gasteiger partial charge in [-0.2, -0.15) is 4.31 Å². The van der Waals surface area contributed by atoms with Crippen molar-refractivity contribution in [3.63, 3.8) is 0 Å². The van der Waals surface area contributed by atoms with Gasteiger partial charge in [-0.25, -0.2) is 8.42 Å². The molecule has 4 nitrogen and oxygen atoms in total. The highest BCUT2D eigenvalue weighted by molar-refractivity contribution is 7.89. The van der Waals surface area contributed by atoms with Gasteiger partial charge in [0, 0.05) is 13.6 Å². The van der Waals surface area contributed by atoms with E-state index in [1.807, 2.05) is 31.2 Å². The smallest absolute Gasteiger partial charge is 0.242 e. The SMILES string of the molecule is Cc1cccc(S(=O)(=O)N(C)CC(O)c2ccccc2)c1. The van der Waals surface area contributed by atoms with Gasteiger partial charge in [-0.15, -0.1) is 0 Å². The second-order valence-electron chi connectivity index (χ2n) is 5.03. The van der Waals surface area contributed by atoms with Gasteiger partial charge in [0.05, 0.1) is 11.0 Å². The van der Waals surface area contributed by atoms with Gasteiger partial charge in [-0.05, 0) is 30.2 Å². The van der Waals surface area contributed by atoms with Crippen LogP contribution in [0.2, 0.25) is 0 Å². The Morgan fingerprint density at radius 3 is 2.38 bits per heavy atom. The molecule has 0 fully saturated rings. The maximum Gasteiger partial charge on any atom is 0.242 e. The maximum absolute atomic E-state index is 12.5. The number of aliphatic hydroxyl groups excluding tert-OH is 1. The largest absolute Gasteiger partial charge is 0.387 e. The number of benzene rings is 2. The van der Waals surface area contributed by atoms with E-state index < -0.39 is 16.1 Å². The summed E-state index contributed by atoms with van der Waals surface area (Å²) < 4.78 is 26.1. The Balaban J connectivity index is 2.18. The minimum absolute atomic E-state index is 0.0142. The van der Waals surface area contributed by atoms with E-state index in [1.165, 1.54) is 11.4 Å². The zero-order valence-electron chi connectivity index (χ0n) is 12.1. The maximum atomic E-state index is 12.5. The fourth-order valence-electron chi connectivity index (χ4n) is 2.08. The topological polar surface area (TPSA) is 57.6 Å². The number of hydrogen-bond acceptors (Lipinski definition) is 3. The molecule has 0 aromatic heterocycles. The standard InChI is InChI=1S/C16H19NO3S/c1-13-7-6-10-15(11-13)21(19,20)17(2)12-16(18)14-8-4-3-5-9-14/h3-11,16,18H,12H2,1-2H3. The first kappa shape index (κ1) is 15.7. The summed E-state index contributed by atoms with van der Waals surface area (Å²) in [6, 6.07) is 15.8. The van der Waals surface area contributed by atoms with Crippen LogP contribution in [0.15, 0.2) is 59.5 Å². The van der Waals surface area contributed by atoms with E-state index in [0.717, 1.165) is 5.56 Å². The molecule has 1 unspecified atom stereocenters. The lowest BCUT2D eigenvalue weighted by atomic mass is 10.1. The molecule has 2 rings (SSSR count). The average Bonchev–Trinajstić information content (AvgIpc) is 2.48. The number of sulfonamides is 1. The number of hydrogen-bond donors (Lipinski definition) is 1. The second-order valence-corrected chi connectivity index (χ2v) is 7.07. The van der Waals surface area contributed by atoms with Crippen LogP contribution < -0.4 is 0 Å². The molecule has 0 aliphatic carbocycles. The third-order valence-corrected chi connectivity index (χ3v) is 5.13. The van der Waals surface area contributed by atoms with Crippen LogP contribution in [-0.4, -0.2) is 31.4 Å². The van der Waals surface area contributed by atoms with Gasteiger partial charge in [-0.3, -0.25) is 0 Å². The van der Waals surface area contributed by atoms with E-state index >= 15 is 0 Å². The highest BCUT2D eigenvalue weighted by Crippen LogP contribution is 2.19. The van der Waals surface area contributed by atoms with Crippen LogP contribution in [0.1, 0.15) is 17.2 Å². The van der Waals surface area contributed by atoms with Crippen LogP contribution in [-0.2, 0) is 10.0 Å². The molecule has 0 bridgehead atoms. The summed E-state index contributed by atoms with van der Waals surface area (Å²) in [6.45, 7) is 1.86. The predicted molar refractivity (Wildman–Crippen MR) is 82.4 cm³/mol. The van der Waals surface area contributed by atoms with E-state index in [4.69, 9.17) is 0 Å². The summed E-state index contributed by atoms with van der Waals surface area (Å²) in [4.78, 5) is 0.241. The van der Waals surface area contributed by atoms with Crippen molar-refractivity contribution in [3.05, 3.63) is 65.7 Å². The molecule has 21 heavy (non-hydrogen) atoms. The van der Waals surface area contributed by atoms with Crippen molar-refractivity contribution in [3.8, 4) is 0 Å². The third-order valence-electron chi connectivity index (χ3n) is 3.31. The number of likely N-dealkylation sites (N-methyl/N-ethyl adjacent to an activating group) is 1. The first-order chi connectivity index (χ1) is 9.91. The van der Waals surface area contributed by atoms with Crippen molar-refractivity contribution in [1.29, 1.82) is 0 Å². The van der Waals surface area contributed by atoms with Crippen LogP contribution in [0.25, 0.3) is 0 Å². The Morgan fingerprint density at radius 1 is 1.10 bits per heavy atom. The minimum atomic E-state index is -3.59. The summed E-state index contributed by atoms with van der Waals surface area (Å²) in [6.07, 6.45) is -0.851. The summed E-state index contributed by atoms with van der Waals surface area (Å²) in [5, 5.41) is 10.1. The molecule has 1 N–H and O–H groups in total. The molecule has 0 aliphatic rings. The number of nitrogens with zero attached hydrogens (tertiary/aromatic N) is 1. The van der Waals surface area contributed by atoms with Crippen molar-refractivity contribution >= 4 is 10.0 Å². The van der Waals surface area contributed by atoms with E-state index in [1.54, 1.807) is 30.3 Å². The van der Waals surface area contributed by atoms with Crippen molar-refractivity contribution in [2.24, 2.45) is 0 Å². The summed E-state index contributed by atoms with van der Waals surface area (Å²) in [5.41, 5.74) is 1.58. The highest BCUT2D eigenvalue weighted by Gasteiger charge is 2.23. The molecule has 0 saturated carbocycles. The molecule has 2 aromatic carbocycles. The third kappa shape index (κ3) is 3.69. The lowest BCUT2D eigenvalue weighted by Gasteiger charge is -2.21. The van der Waals surface area contributed by atoms with E-state index in [0.29, 0.717) is 5.56 Å². The molecule has 0 heterocycles. The van der Waals surface area contributed by atoms with E-state index in [-0.39, 0.29) is 11.4 Å². The van der Waals surface area contributed by atoms with Crippen molar-refractivity contribution < 1.29 is 13.5 Å². The molecule has 0 amide bonds. The first-order valence-corrected chi connectivity index (χ1v) is 8.11. The Bertz CT molecular complexity index is 698. The van der Waals surface area contributed by atoms with Gasteiger partial charge >= 0.3 is 0 Å². The summed E-state index contributed by atoms with van der Waals surface area (Å²) in [5.74, 6) is 0. The van der Waals surface area contributed by atoms with Crippen LogP contribution in [0.4, 0.5) is 0 Å². The molecule has 2 aromatic rings. The number of aliphatic hydroxyl groups is 1. The van der Waals surface area contributed by atoms with E-state index in [9.17, 15) is 13.5 Å². The molecule has 0 saturated heterocycles. The highest BCUT2D eigenvalue weighted by atomic mass is 32.2. The summed E-state index contributed by atoms with van der Waals surface area (Å²) in [7, 11) is -2.12. The molecular formula is C16H19NO3S. The van der Waals surface area contributed by atoms with Crippen LogP contribution in [0.3, 0.4) is 0 Å². The van der Waals surface area contributed by atoms with Gasteiger partial charge in [0.15, 0.2) is 0 Å². The molecule has 1 atom stereocenters. The molecule has 5 heteroatoms. The zero-order chi connectivity index (χ0) is 15.5. The number of rotatable bonds is 5. The fourth-order valence-corrected chi connectivity index (χ4v) is 3.36. The van der Waals surface area contributed by atoms with Gasteiger partial charge in [0.2, 0.25) is 10.0 Å². The first-order valence-electron chi connectivity index (χ1n) is 6.67. The van der Waals surface area contributed by atoms with Crippen LogP contribution in [0.5, 0.6) is 0 Å². The van der Waals surface area contributed by atoms with Gasteiger partial charge < -0.3 is 5.11 Å². The van der Waals surface area contributed by atoms with Gasteiger partial charge in [-0.1, -0.05) is 42.5 Å². The van der Waals surface area contributed by atoms with Crippen LogP contribution in [0, 0.1) is 6.92 Å². The molecule has 0 aliphatic heterocycles. The van der Waals surface area contributed by atoms with Crippen molar-refractivity contribution in [2.75, 3.05) is 13.6 Å². The Morgan fingerprint density at radius 2 is 1.76 bits per heavy atom. The molecular weight excluding hydrogens is 286 g/mol. The van der Waals surface area contributed by atoms with Gasteiger partial charge in [0.25, 0.3) is 0 Å². The Labute approximate surface area is 125 Å². The van der Waals surface area contributed by atoms with Crippen LogP contribution >= 0.6 is 0 Å². The molecule has 0 spiro atoms. The lowest BCUT2D eigenvalue weighted by molar-refractivity contribution is 0.155. The zero-order valence-corrected chi connectivity index (χ0v) is 12.9. The Kier molecular flexibility index (Phi) is 4.77. The quantitative estimate of drug-likeness (QED) is 0.922. The second kappa shape index (κ2) is 6.39. The predicted octanol–water partition coefficient (Wildman–Crippen LogP) is 2.35. The van der Waals surface area contributed by atoms with Crippen molar-refractivity contribution in [1.82, 2.24) is 4.31 Å². The average molecular weight is 305 g/mol. The summed E-state index contributed by atoms with van der Waals surface area (Å²) >= 11 is 0. The lowest BCUT2D eigenvalue weighted by Crippen LogP contribution is -2.31. The monoisotopic (exact) mass is 305 g/mol. The van der Waals surface area contributed by atoms with E-state index in [2.05, 4.69) is 0 Å². The normalized spacial score (nSPS) is 13.3. The Hall–Kier alpha value is -1.69.